The van der Waals surface area contributed by atoms with Crippen LogP contribution in [0.2, 0.25) is 0 Å². The molecule has 6 nitrogen and oxygen atoms in total. The van der Waals surface area contributed by atoms with Gasteiger partial charge in [-0.25, -0.2) is 4.79 Å². The SMILES string of the molecule is CCCc1c2occc(=O)c2cc2c(=O)cc(C(=O)O)n(CC)c12.[Zn+2]. The number of aryl methyl sites for hydroxylation is 2. The van der Waals surface area contributed by atoms with Crippen molar-refractivity contribution in [3.8, 4) is 0 Å². The third-order valence-electron chi connectivity index (χ3n) is 4.15. The molecule has 124 valence electrons. The second-order valence-corrected chi connectivity index (χ2v) is 5.61. The van der Waals surface area contributed by atoms with Crippen molar-refractivity contribution in [1.82, 2.24) is 4.57 Å². The Morgan fingerprint density at radius 3 is 2.48 bits per heavy atom. The molecule has 0 radical (unpaired) electrons. The van der Waals surface area contributed by atoms with E-state index in [1.54, 1.807) is 4.57 Å². The van der Waals surface area contributed by atoms with E-state index in [1.165, 1.54) is 18.4 Å². The van der Waals surface area contributed by atoms with Crippen molar-refractivity contribution in [2.45, 2.75) is 33.2 Å². The fraction of sp³-hybridized carbons (Fsp3) is 0.278. The van der Waals surface area contributed by atoms with Crippen LogP contribution in [-0.2, 0) is 32.4 Å². The quantitative estimate of drug-likeness (QED) is 0.544. The van der Waals surface area contributed by atoms with E-state index in [4.69, 9.17) is 4.42 Å². The van der Waals surface area contributed by atoms with Gasteiger partial charge in [-0.1, -0.05) is 13.3 Å². The Morgan fingerprint density at radius 2 is 1.88 bits per heavy atom. The van der Waals surface area contributed by atoms with Gasteiger partial charge >= 0.3 is 25.4 Å². The summed E-state index contributed by atoms with van der Waals surface area (Å²) in [4.78, 5) is 36.2. The molecule has 1 N–H and O–H groups in total. The van der Waals surface area contributed by atoms with Crippen LogP contribution in [0, 0.1) is 0 Å². The fourth-order valence-corrected chi connectivity index (χ4v) is 3.17. The van der Waals surface area contributed by atoms with Gasteiger partial charge in [0.15, 0.2) is 10.9 Å². The first-order chi connectivity index (χ1) is 11.5. The van der Waals surface area contributed by atoms with Gasteiger partial charge in [0.1, 0.15) is 11.3 Å². The molecular formula is C18H17NO5Zn+2. The summed E-state index contributed by atoms with van der Waals surface area (Å²) in [6, 6.07) is 3.93. The molecule has 0 atom stereocenters. The van der Waals surface area contributed by atoms with Crippen LogP contribution in [0.4, 0.5) is 0 Å². The minimum absolute atomic E-state index is 0. The second-order valence-electron chi connectivity index (χ2n) is 5.61. The zero-order valence-electron chi connectivity index (χ0n) is 14.2. The normalized spacial score (nSPS) is 10.8. The number of hydrogen-bond donors (Lipinski definition) is 1. The average Bonchev–Trinajstić information content (AvgIpc) is 2.55. The van der Waals surface area contributed by atoms with Gasteiger partial charge in [-0.3, -0.25) is 9.59 Å². The van der Waals surface area contributed by atoms with Crippen molar-refractivity contribution in [1.29, 1.82) is 0 Å². The molecule has 0 bridgehead atoms. The molecule has 25 heavy (non-hydrogen) atoms. The van der Waals surface area contributed by atoms with Crippen LogP contribution in [0.1, 0.15) is 36.3 Å². The Balaban J connectivity index is 0.00000225. The monoisotopic (exact) mass is 391 g/mol. The minimum atomic E-state index is -1.16. The van der Waals surface area contributed by atoms with Gasteiger partial charge in [-0.15, -0.1) is 0 Å². The van der Waals surface area contributed by atoms with Crippen LogP contribution < -0.4 is 10.9 Å². The Labute approximate surface area is 155 Å². The van der Waals surface area contributed by atoms with Gasteiger partial charge in [0.05, 0.1) is 17.2 Å². The van der Waals surface area contributed by atoms with Gasteiger partial charge in [-0.05, 0) is 19.4 Å². The third-order valence-corrected chi connectivity index (χ3v) is 4.15. The smallest absolute Gasteiger partial charge is 0.477 e. The van der Waals surface area contributed by atoms with Crippen LogP contribution >= 0.6 is 0 Å². The zero-order valence-corrected chi connectivity index (χ0v) is 17.1. The predicted octanol–water partition coefficient (Wildman–Crippen LogP) is 2.78. The summed E-state index contributed by atoms with van der Waals surface area (Å²) < 4.78 is 7.15. The van der Waals surface area contributed by atoms with Crippen molar-refractivity contribution in [3.63, 3.8) is 0 Å². The van der Waals surface area contributed by atoms with E-state index < -0.39 is 11.4 Å². The second kappa shape index (κ2) is 7.32. The van der Waals surface area contributed by atoms with Crippen molar-refractivity contribution in [2.75, 3.05) is 0 Å². The van der Waals surface area contributed by atoms with Crippen molar-refractivity contribution < 1.29 is 33.8 Å². The van der Waals surface area contributed by atoms with Crippen molar-refractivity contribution >= 4 is 27.8 Å². The Kier molecular flexibility index (Phi) is 5.58. The van der Waals surface area contributed by atoms with E-state index in [9.17, 15) is 19.5 Å². The summed E-state index contributed by atoms with van der Waals surface area (Å²) >= 11 is 0. The summed E-state index contributed by atoms with van der Waals surface area (Å²) in [5.74, 6) is -1.16. The first-order valence-electron chi connectivity index (χ1n) is 7.83. The molecule has 3 rings (SSSR count). The molecule has 1 aromatic carbocycles. The zero-order chi connectivity index (χ0) is 17.4. The molecule has 0 saturated heterocycles. The summed E-state index contributed by atoms with van der Waals surface area (Å²) in [6.07, 6.45) is 2.66. The Morgan fingerprint density at radius 1 is 1.16 bits per heavy atom. The molecular weight excluding hydrogens is 376 g/mol. The maximum Gasteiger partial charge on any atom is 2.00 e. The molecule has 0 fully saturated rings. The van der Waals surface area contributed by atoms with Gasteiger partial charge in [0, 0.05) is 29.6 Å². The number of carboxylic acids is 1. The van der Waals surface area contributed by atoms with Crippen LogP contribution in [-0.4, -0.2) is 15.6 Å². The Hall–Kier alpha value is -2.27. The molecule has 7 heteroatoms. The van der Waals surface area contributed by atoms with Crippen LogP contribution in [0.5, 0.6) is 0 Å². The van der Waals surface area contributed by atoms with Crippen molar-refractivity contribution in [3.05, 3.63) is 56.2 Å². The molecule has 0 saturated carbocycles. The number of benzene rings is 1. The molecule has 0 aliphatic carbocycles. The Bertz CT molecular complexity index is 1080. The van der Waals surface area contributed by atoms with Gasteiger partial charge in [0.25, 0.3) is 0 Å². The number of carboxylic acid groups (broad SMARTS) is 1. The number of fused-ring (bicyclic) bond motifs is 2. The predicted molar refractivity (Wildman–Crippen MR) is 90.9 cm³/mol. The van der Waals surface area contributed by atoms with E-state index in [1.807, 2.05) is 13.8 Å². The number of nitrogens with zero attached hydrogens (tertiary/aromatic N) is 1. The summed E-state index contributed by atoms with van der Waals surface area (Å²) in [6.45, 7) is 4.18. The summed E-state index contributed by atoms with van der Waals surface area (Å²) in [7, 11) is 0. The third kappa shape index (κ3) is 3.04. The number of pyridine rings is 1. The van der Waals surface area contributed by atoms with Gasteiger partial charge in [-0.2, -0.15) is 0 Å². The van der Waals surface area contributed by atoms with E-state index >= 15 is 0 Å². The van der Waals surface area contributed by atoms with Gasteiger partial charge in [0.2, 0.25) is 0 Å². The molecule has 2 aromatic heterocycles. The summed E-state index contributed by atoms with van der Waals surface area (Å²) in [5, 5.41) is 10.1. The standard InChI is InChI=1S/C18H17NO5.Zn/c1-3-5-10-16-11(8-12-14(20)6-7-24-17(10)12)15(21)9-13(18(22)23)19(16)4-2;/h6-9H,3-5H2,1-2H3,(H,22,23);/q;+2. The first-order valence-corrected chi connectivity index (χ1v) is 7.83. The van der Waals surface area contributed by atoms with Crippen LogP contribution in [0.25, 0.3) is 21.9 Å². The number of rotatable bonds is 4. The largest absolute Gasteiger partial charge is 2.00 e. The first kappa shape index (κ1) is 19.1. The molecule has 0 amide bonds. The van der Waals surface area contributed by atoms with Crippen LogP contribution in [0.3, 0.4) is 0 Å². The number of aromatic nitrogens is 1. The molecule has 0 aliphatic heterocycles. The molecule has 0 aliphatic rings. The van der Waals surface area contributed by atoms with Gasteiger partial charge < -0.3 is 14.1 Å². The molecule has 3 aromatic rings. The van der Waals surface area contributed by atoms with E-state index in [0.29, 0.717) is 40.4 Å². The molecule has 2 heterocycles. The average molecular weight is 393 g/mol. The number of carbonyl (C=O) groups is 1. The fourth-order valence-electron chi connectivity index (χ4n) is 3.17. The molecule has 0 spiro atoms. The number of hydrogen-bond acceptors (Lipinski definition) is 4. The topological polar surface area (TPSA) is 89.5 Å². The number of aromatic carboxylic acids is 1. The van der Waals surface area contributed by atoms with E-state index in [2.05, 4.69) is 0 Å². The molecule has 0 unspecified atom stereocenters. The maximum absolute atomic E-state index is 12.5. The summed E-state index contributed by atoms with van der Waals surface area (Å²) in [5.41, 5.74) is 0.955. The van der Waals surface area contributed by atoms with E-state index in [-0.39, 0.29) is 30.6 Å². The minimum Gasteiger partial charge on any atom is -0.477 e. The van der Waals surface area contributed by atoms with E-state index in [0.717, 1.165) is 12.5 Å². The van der Waals surface area contributed by atoms with Crippen molar-refractivity contribution in [2.24, 2.45) is 0 Å². The van der Waals surface area contributed by atoms with Crippen LogP contribution in [0.15, 0.2) is 38.5 Å². The maximum atomic E-state index is 12.5.